The lowest BCUT2D eigenvalue weighted by molar-refractivity contribution is 0.0942. The van der Waals surface area contributed by atoms with Gasteiger partial charge < -0.3 is 10.2 Å². The number of aryl methyl sites for hydroxylation is 2. The number of nitrogens with zero attached hydrogens (tertiary/aromatic N) is 4. The van der Waals surface area contributed by atoms with Crippen LogP contribution in [0, 0.1) is 19.8 Å². The first-order chi connectivity index (χ1) is 11.6. The van der Waals surface area contributed by atoms with Crippen LogP contribution in [-0.4, -0.2) is 40.5 Å². The fourth-order valence-corrected chi connectivity index (χ4v) is 3.35. The molecule has 2 fully saturated rings. The third-order valence-electron chi connectivity index (χ3n) is 4.83. The van der Waals surface area contributed by atoms with Gasteiger partial charge in [0.05, 0.1) is 5.39 Å². The van der Waals surface area contributed by atoms with Crippen LogP contribution in [0.25, 0.3) is 11.0 Å². The van der Waals surface area contributed by atoms with Crippen LogP contribution in [-0.2, 0) is 0 Å². The molecule has 4 rings (SSSR count). The molecule has 0 aromatic carbocycles. The Balaban J connectivity index is 1.77. The van der Waals surface area contributed by atoms with E-state index in [1.54, 1.807) is 0 Å². The zero-order valence-corrected chi connectivity index (χ0v) is 14.3. The maximum atomic E-state index is 12.5. The maximum absolute atomic E-state index is 12.5. The predicted molar refractivity (Wildman–Crippen MR) is 93.3 cm³/mol. The molecule has 6 nitrogen and oxygen atoms in total. The zero-order chi connectivity index (χ0) is 16.7. The number of hydrogen-bond acceptors (Lipinski definition) is 5. The van der Waals surface area contributed by atoms with Crippen molar-refractivity contribution in [2.24, 2.45) is 5.92 Å². The Kier molecular flexibility index (Phi) is 3.82. The number of carbonyl (C=O) groups excluding carboxylic acids is 1. The van der Waals surface area contributed by atoms with Crippen molar-refractivity contribution in [3.8, 4) is 0 Å². The molecule has 2 aromatic rings. The Morgan fingerprint density at radius 1 is 1.21 bits per heavy atom. The molecule has 1 saturated carbocycles. The van der Waals surface area contributed by atoms with E-state index < -0.39 is 0 Å². The van der Waals surface area contributed by atoms with Crippen LogP contribution in [0.1, 0.15) is 47.6 Å². The molecule has 1 aliphatic heterocycles. The Bertz CT molecular complexity index is 794. The highest BCUT2D eigenvalue weighted by atomic mass is 16.2. The lowest BCUT2D eigenvalue weighted by atomic mass is 10.1. The zero-order valence-electron chi connectivity index (χ0n) is 14.3. The summed E-state index contributed by atoms with van der Waals surface area (Å²) in [5, 5.41) is 3.94. The highest BCUT2D eigenvalue weighted by molar-refractivity contribution is 5.96. The van der Waals surface area contributed by atoms with Gasteiger partial charge in [-0.05, 0) is 57.1 Å². The van der Waals surface area contributed by atoms with Crippen LogP contribution in [0.15, 0.2) is 6.07 Å². The second kappa shape index (κ2) is 6.00. The second-order valence-electron chi connectivity index (χ2n) is 7.00. The van der Waals surface area contributed by atoms with Crippen molar-refractivity contribution < 1.29 is 4.79 Å². The van der Waals surface area contributed by atoms with Crippen LogP contribution >= 0.6 is 0 Å². The standard InChI is InChI=1S/C18H23N5O/c1-11-9-12(2)20-15-14(11)17(23-7-3-4-8-23)22-16(21-15)18(24)19-10-13-5-6-13/h9,13H,3-8,10H2,1-2H3,(H,19,24). The first-order valence-electron chi connectivity index (χ1n) is 8.81. The van der Waals surface area contributed by atoms with Gasteiger partial charge >= 0.3 is 0 Å². The van der Waals surface area contributed by atoms with Gasteiger partial charge in [-0.3, -0.25) is 4.79 Å². The van der Waals surface area contributed by atoms with E-state index in [0.717, 1.165) is 54.9 Å². The largest absolute Gasteiger partial charge is 0.356 e. The molecule has 1 amide bonds. The lowest BCUT2D eigenvalue weighted by Gasteiger charge is -2.20. The van der Waals surface area contributed by atoms with Crippen LogP contribution < -0.4 is 10.2 Å². The molecular formula is C18H23N5O. The third-order valence-corrected chi connectivity index (χ3v) is 4.83. The Hall–Kier alpha value is -2.24. The van der Waals surface area contributed by atoms with Crippen LogP contribution in [0.4, 0.5) is 5.82 Å². The summed E-state index contributed by atoms with van der Waals surface area (Å²) in [6.45, 7) is 6.69. The fraction of sp³-hybridized carbons (Fsp3) is 0.556. The summed E-state index contributed by atoms with van der Waals surface area (Å²) in [5.41, 5.74) is 2.65. The van der Waals surface area contributed by atoms with Gasteiger partial charge in [-0.2, -0.15) is 0 Å². The van der Waals surface area contributed by atoms with Gasteiger partial charge in [-0.15, -0.1) is 0 Å². The summed E-state index contributed by atoms with van der Waals surface area (Å²) in [5.74, 6) is 1.54. The van der Waals surface area contributed by atoms with Crippen LogP contribution in [0.2, 0.25) is 0 Å². The number of amides is 1. The van der Waals surface area contributed by atoms with Gasteiger partial charge in [0.2, 0.25) is 5.82 Å². The van der Waals surface area contributed by atoms with E-state index in [4.69, 9.17) is 0 Å². The summed E-state index contributed by atoms with van der Waals surface area (Å²) in [7, 11) is 0. The minimum atomic E-state index is -0.190. The monoisotopic (exact) mass is 325 g/mol. The Morgan fingerprint density at radius 3 is 2.67 bits per heavy atom. The van der Waals surface area contributed by atoms with Gasteiger partial charge in [0.1, 0.15) is 5.82 Å². The lowest BCUT2D eigenvalue weighted by Crippen LogP contribution is -2.29. The molecule has 1 aliphatic carbocycles. The average Bonchev–Trinajstić information content (AvgIpc) is 3.22. The number of hydrogen-bond donors (Lipinski definition) is 1. The summed E-state index contributed by atoms with van der Waals surface area (Å²) >= 11 is 0. The van der Waals surface area contributed by atoms with E-state index in [1.807, 2.05) is 6.92 Å². The SMILES string of the molecule is Cc1cc(C)c2c(N3CCCC3)nc(C(=O)NCC3CC3)nc2n1. The average molecular weight is 325 g/mol. The minimum Gasteiger partial charge on any atom is -0.356 e. The highest BCUT2D eigenvalue weighted by Gasteiger charge is 2.25. The van der Waals surface area contributed by atoms with Crippen molar-refractivity contribution in [1.29, 1.82) is 0 Å². The number of rotatable bonds is 4. The van der Waals surface area contributed by atoms with E-state index in [9.17, 15) is 4.79 Å². The highest BCUT2D eigenvalue weighted by Crippen LogP contribution is 2.30. The van der Waals surface area contributed by atoms with Crippen LogP contribution in [0.3, 0.4) is 0 Å². The summed E-state index contributed by atoms with van der Waals surface area (Å²) in [4.78, 5) is 28.4. The minimum absolute atomic E-state index is 0.190. The number of anilines is 1. The molecule has 24 heavy (non-hydrogen) atoms. The number of aromatic nitrogens is 3. The molecule has 3 heterocycles. The molecule has 1 saturated heterocycles. The molecule has 1 N–H and O–H groups in total. The number of pyridine rings is 1. The normalized spacial score (nSPS) is 17.5. The van der Waals surface area contributed by atoms with E-state index in [0.29, 0.717) is 11.6 Å². The smallest absolute Gasteiger partial charge is 0.289 e. The topological polar surface area (TPSA) is 71.0 Å². The van der Waals surface area contributed by atoms with E-state index >= 15 is 0 Å². The van der Waals surface area contributed by atoms with Crippen molar-refractivity contribution in [2.75, 3.05) is 24.5 Å². The van der Waals surface area contributed by atoms with E-state index in [1.165, 1.54) is 12.8 Å². The number of carbonyl (C=O) groups is 1. The van der Waals surface area contributed by atoms with Crippen molar-refractivity contribution in [3.63, 3.8) is 0 Å². The van der Waals surface area contributed by atoms with Crippen molar-refractivity contribution in [3.05, 3.63) is 23.1 Å². The fourth-order valence-electron chi connectivity index (χ4n) is 3.35. The quantitative estimate of drug-likeness (QED) is 0.934. The van der Waals surface area contributed by atoms with Crippen LogP contribution in [0.5, 0.6) is 0 Å². The first kappa shape index (κ1) is 15.3. The molecule has 0 atom stereocenters. The number of nitrogens with one attached hydrogen (secondary N) is 1. The molecular weight excluding hydrogens is 302 g/mol. The molecule has 0 spiro atoms. The maximum Gasteiger partial charge on any atom is 0.289 e. The molecule has 126 valence electrons. The predicted octanol–water partition coefficient (Wildman–Crippen LogP) is 2.38. The van der Waals surface area contributed by atoms with Crippen molar-refractivity contribution >= 4 is 22.8 Å². The molecule has 0 bridgehead atoms. The molecule has 2 aromatic heterocycles. The Labute approximate surface area is 141 Å². The molecule has 2 aliphatic rings. The van der Waals surface area contributed by atoms with Gasteiger partial charge in [-0.25, -0.2) is 15.0 Å². The second-order valence-corrected chi connectivity index (χ2v) is 7.00. The van der Waals surface area contributed by atoms with Crippen molar-refractivity contribution in [1.82, 2.24) is 20.3 Å². The summed E-state index contributed by atoms with van der Waals surface area (Å²) < 4.78 is 0. The third kappa shape index (κ3) is 2.92. The van der Waals surface area contributed by atoms with Gasteiger partial charge in [0, 0.05) is 25.3 Å². The summed E-state index contributed by atoms with van der Waals surface area (Å²) in [6.07, 6.45) is 4.73. The van der Waals surface area contributed by atoms with Gasteiger partial charge in [0.25, 0.3) is 5.91 Å². The molecule has 0 unspecified atom stereocenters. The van der Waals surface area contributed by atoms with Gasteiger partial charge in [-0.1, -0.05) is 0 Å². The first-order valence-corrected chi connectivity index (χ1v) is 8.81. The van der Waals surface area contributed by atoms with E-state index in [-0.39, 0.29) is 11.7 Å². The molecule has 6 heteroatoms. The van der Waals surface area contributed by atoms with Crippen molar-refractivity contribution in [2.45, 2.75) is 39.5 Å². The Morgan fingerprint density at radius 2 is 1.96 bits per heavy atom. The molecule has 0 radical (unpaired) electrons. The van der Waals surface area contributed by atoms with E-state index in [2.05, 4.69) is 38.2 Å². The summed E-state index contributed by atoms with van der Waals surface area (Å²) in [6, 6.07) is 2.05. The number of fused-ring (bicyclic) bond motifs is 1. The van der Waals surface area contributed by atoms with Gasteiger partial charge in [0.15, 0.2) is 5.65 Å².